The SMILES string of the molecule is C=S(C)(=O)c1ccc(NC(=O)CSc2nnc(-c3ccc(CS(=C)(=O)c4ccc(NC(=O)CSc5nnc(-c6cccs6)n5CC)cc4)s3)n2CC)c(C)c1. The molecule has 6 aromatic rings. The molecular weight excluding hydrogens is 813 g/mol. The van der Waals surface area contributed by atoms with E-state index in [9.17, 15) is 18.0 Å². The number of hydrogen-bond acceptors (Lipinski definition) is 12. The molecule has 4 aromatic heterocycles. The molecule has 0 spiro atoms. The number of benzene rings is 2. The lowest BCUT2D eigenvalue weighted by Crippen LogP contribution is -2.15. The highest BCUT2D eigenvalue weighted by atomic mass is 32.2. The van der Waals surface area contributed by atoms with Gasteiger partial charge in [0.2, 0.25) is 11.8 Å². The van der Waals surface area contributed by atoms with Crippen molar-refractivity contribution in [2.24, 2.45) is 0 Å². The van der Waals surface area contributed by atoms with E-state index in [1.54, 1.807) is 60.1 Å². The molecule has 0 saturated carbocycles. The van der Waals surface area contributed by atoms with Crippen LogP contribution in [0.5, 0.6) is 0 Å². The van der Waals surface area contributed by atoms with Crippen LogP contribution in [0.4, 0.5) is 11.4 Å². The Labute approximate surface area is 337 Å². The molecule has 2 aromatic carbocycles. The Kier molecular flexibility index (Phi) is 12.7. The highest BCUT2D eigenvalue weighted by molar-refractivity contribution is 8.00. The van der Waals surface area contributed by atoms with E-state index in [2.05, 4.69) is 42.8 Å². The number of thiophene rings is 2. The third kappa shape index (κ3) is 9.79. The van der Waals surface area contributed by atoms with Crippen molar-refractivity contribution < 1.29 is 18.0 Å². The van der Waals surface area contributed by atoms with Crippen molar-refractivity contribution in [2.45, 2.75) is 59.7 Å². The van der Waals surface area contributed by atoms with Crippen LogP contribution >= 0.6 is 46.2 Å². The van der Waals surface area contributed by atoms with Crippen LogP contribution in [0, 0.1) is 6.92 Å². The minimum atomic E-state index is -2.70. The quantitative estimate of drug-likeness (QED) is 0.0761. The summed E-state index contributed by atoms with van der Waals surface area (Å²) in [6.07, 6.45) is 1.59. The van der Waals surface area contributed by atoms with E-state index in [4.69, 9.17) is 0 Å². The standard InChI is InChI=1S/C37H40N8O4S6/c1-7-44-34(30-10-9-19-50-30)40-42-36(44)51-21-32(46)38-25-11-14-27(15-12-25)55(6,49)23-26-13-18-31(53-26)35-41-43-37(45(35)8-2)52-22-33(47)39-29-17-16-28(20-24(29)3)54(4,5)48/h9-20H,4,6-8,21-23H2,1-3,5H3,(H,38,46)(H,39,47). The van der Waals surface area contributed by atoms with E-state index in [0.29, 0.717) is 50.4 Å². The third-order valence-electron chi connectivity index (χ3n) is 8.27. The van der Waals surface area contributed by atoms with Crippen LogP contribution in [-0.2, 0) is 47.5 Å². The largest absolute Gasteiger partial charge is 0.325 e. The van der Waals surface area contributed by atoms with Crippen molar-refractivity contribution in [1.82, 2.24) is 29.5 Å². The first-order chi connectivity index (χ1) is 26.2. The van der Waals surface area contributed by atoms with Crippen molar-refractivity contribution in [3.05, 3.63) is 82.6 Å². The maximum Gasteiger partial charge on any atom is 0.234 e. The predicted molar refractivity (Wildman–Crippen MR) is 231 cm³/mol. The number of carbonyl (C=O) groups is 2. The fraction of sp³-hybridized carbons (Fsp3) is 0.243. The average molecular weight is 853 g/mol. The van der Waals surface area contributed by atoms with Crippen LogP contribution in [0.2, 0.25) is 0 Å². The number of carbonyl (C=O) groups excluding carboxylic acids is 2. The molecular formula is C37H40N8O4S6. The highest BCUT2D eigenvalue weighted by Crippen LogP contribution is 2.32. The Balaban J connectivity index is 1.03. The topological polar surface area (TPSA) is 154 Å². The molecule has 288 valence electrons. The number of amides is 2. The van der Waals surface area contributed by atoms with Gasteiger partial charge in [-0.15, -0.1) is 43.1 Å². The number of rotatable bonds is 16. The molecule has 2 amide bonds. The normalized spacial score (nSPS) is 13.6. The maximum atomic E-state index is 13.8. The van der Waals surface area contributed by atoms with Gasteiger partial charge in [-0.1, -0.05) is 29.6 Å². The monoisotopic (exact) mass is 852 g/mol. The molecule has 2 N–H and O–H groups in total. The van der Waals surface area contributed by atoms with Crippen molar-refractivity contribution >= 4 is 100 Å². The zero-order valence-electron chi connectivity index (χ0n) is 30.6. The van der Waals surface area contributed by atoms with E-state index in [0.717, 1.165) is 26.0 Å². The first-order valence-corrected chi connectivity index (χ1v) is 24.7. The number of anilines is 2. The molecule has 12 nitrogen and oxygen atoms in total. The van der Waals surface area contributed by atoms with Crippen LogP contribution in [0.25, 0.3) is 21.4 Å². The molecule has 0 radical (unpaired) electrons. The molecule has 0 fully saturated rings. The van der Waals surface area contributed by atoms with Crippen molar-refractivity contribution in [3.8, 4) is 21.4 Å². The molecule has 2 unspecified atom stereocenters. The van der Waals surface area contributed by atoms with Crippen LogP contribution in [-0.4, -0.2) is 79.3 Å². The zero-order chi connectivity index (χ0) is 39.3. The molecule has 0 aliphatic heterocycles. The van der Waals surface area contributed by atoms with E-state index in [-0.39, 0.29) is 29.1 Å². The Morgan fingerprint density at radius 2 is 1.38 bits per heavy atom. The van der Waals surface area contributed by atoms with Crippen LogP contribution in [0.1, 0.15) is 24.3 Å². The van der Waals surface area contributed by atoms with Gasteiger partial charge in [-0.05, 0) is 114 Å². The smallest absolute Gasteiger partial charge is 0.234 e. The summed E-state index contributed by atoms with van der Waals surface area (Å²) in [5.41, 5.74) is 2.05. The maximum absolute atomic E-state index is 13.8. The molecule has 55 heavy (non-hydrogen) atoms. The Bertz CT molecular complexity index is 2540. The minimum Gasteiger partial charge on any atom is -0.325 e. The fourth-order valence-electron chi connectivity index (χ4n) is 5.50. The van der Waals surface area contributed by atoms with Crippen molar-refractivity contribution in [2.75, 3.05) is 28.4 Å². The first-order valence-electron chi connectivity index (χ1n) is 17.0. The third-order valence-corrected chi connectivity index (χ3v) is 15.5. The van der Waals surface area contributed by atoms with E-state index in [1.807, 2.05) is 59.6 Å². The van der Waals surface area contributed by atoms with Crippen molar-refractivity contribution in [3.63, 3.8) is 0 Å². The molecule has 0 aliphatic rings. The molecule has 0 saturated heterocycles. The Morgan fingerprint density at radius 3 is 1.95 bits per heavy atom. The number of nitrogens with zero attached hydrogens (tertiary/aromatic N) is 6. The van der Waals surface area contributed by atoms with Gasteiger partial charge >= 0.3 is 0 Å². The number of aryl methyl sites for hydroxylation is 1. The Morgan fingerprint density at radius 1 is 0.782 bits per heavy atom. The molecule has 6 rings (SSSR count). The lowest BCUT2D eigenvalue weighted by atomic mass is 10.2. The second-order valence-electron chi connectivity index (χ2n) is 12.5. The van der Waals surface area contributed by atoms with Crippen LogP contribution in [0.15, 0.2) is 92.2 Å². The Hall–Kier alpha value is -4.20. The first kappa shape index (κ1) is 40.5. The number of aromatic nitrogens is 6. The summed E-state index contributed by atoms with van der Waals surface area (Å²) in [5, 5.41) is 26.5. The molecule has 0 bridgehead atoms. The minimum absolute atomic E-state index is 0.125. The van der Waals surface area contributed by atoms with Gasteiger partial charge in [0.15, 0.2) is 22.0 Å². The predicted octanol–water partition coefficient (Wildman–Crippen LogP) is 7.12. The summed E-state index contributed by atoms with van der Waals surface area (Å²) < 4.78 is 30.1. The van der Waals surface area contributed by atoms with Crippen molar-refractivity contribution in [1.29, 1.82) is 0 Å². The highest BCUT2D eigenvalue weighted by Gasteiger charge is 2.19. The average Bonchev–Trinajstić information content (AvgIpc) is 3.97. The van der Waals surface area contributed by atoms with E-state index < -0.39 is 19.0 Å². The summed E-state index contributed by atoms with van der Waals surface area (Å²) in [6.45, 7) is 7.13. The van der Waals surface area contributed by atoms with Gasteiger partial charge < -0.3 is 19.8 Å². The second-order valence-corrected chi connectivity index (χ2v) is 21.3. The van der Waals surface area contributed by atoms with Gasteiger partial charge in [-0.3, -0.25) is 18.0 Å². The molecule has 2 atom stereocenters. The number of nitrogens with one attached hydrogen (secondary N) is 2. The van der Waals surface area contributed by atoms with Gasteiger partial charge in [0.05, 0.1) is 27.0 Å². The summed E-state index contributed by atoms with van der Waals surface area (Å²) >= 11 is 5.68. The molecule has 0 aliphatic carbocycles. The number of hydrogen-bond donors (Lipinski definition) is 2. The lowest BCUT2D eigenvalue weighted by Gasteiger charge is -2.11. The van der Waals surface area contributed by atoms with Gasteiger partial charge in [0, 0.05) is 54.9 Å². The summed E-state index contributed by atoms with van der Waals surface area (Å²) in [5.74, 6) is 9.39. The summed E-state index contributed by atoms with van der Waals surface area (Å²) in [6, 6.07) is 20.0. The van der Waals surface area contributed by atoms with Crippen LogP contribution in [0.3, 0.4) is 0 Å². The zero-order valence-corrected chi connectivity index (χ0v) is 35.5. The van der Waals surface area contributed by atoms with E-state index >= 15 is 0 Å². The summed E-state index contributed by atoms with van der Waals surface area (Å²) in [4.78, 5) is 29.6. The van der Waals surface area contributed by atoms with Gasteiger partial charge in [-0.2, -0.15) is 0 Å². The second kappa shape index (κ2) is 17.3. The lowest BCUT2D eigenvalue weighted by molar-refractivity contribution is -0.114. The van der Waals surface area contributed by atoms with Gasteiger partial charge in [-0.25, -0.2) is 0 Å². The fourth-order valence-corrected chi connectivity index (χ4v) is 11.6. The van der Waals surface area contributed by atoms with Gasteiger partial charge in [0.1, 0.15) is 0 Å². The molecule has 4 heterocycles. The van der Waals surface area contributed by atoms with E-state index in [1.165, 1.54) is 34.9 Å². The molecule has 18 heteroatoms. The number of thioether (sulfide) groups is 2. The van der Waals surface area contributed by atoms with Gasteiger partial charge in [0.25, 0.3) is 0 Å². The van der Waals surface area contributed by atoms with Crippen LogP contribution < -0.4 is 10.6 Å². The summed E-state index contributed by atoms with van der Waals surface area (Å²) in [7, 11) is -5.05.